The van der Waals surface area contributed by atoms with Crippen molar-refractivity contribution in [2.24, 2.45) is 5.73 Å². The molecule has 0 aromatic carbocycles. The average molecular weight is 210 g/mol. The van der Waals surface area contributed by atoms with Crippen LogP contribution >= 0.6 is 0 Å². The highest BCUT2D eigenvalue weighted by molar-refractivity contribution is 5.77. The van der Waals surface area contributed by atoms with Gasteiger partial charge >= 0.3 is 0 Å². The smallest absolute Gasteiger partial charge is 0.221 e. The molecule has 1 aromatic rings. The SMILES string of the molecule is CC(C)(N)CC(=O)NCCc1cnc[nH]1. The summed E-state index contributed by atoms with van der Waals surface area (Å²) in [6.45, 7) is 4.28. The predicted octanol–water partition coefficient (Wildman–Crippen LogP) is 0.196. The van der Waals surface area contributed by atoms with E-state index in [1.807, 2.05) is 13.8 Å². The molecule has 4 N–H and O–H groups in total. The van der Waals surface area contributed by atoms with E-state index in [0.29, 0.717) is 13.0 Å². The highest BCUT2D eigenvalue weighted by Crippen LogP contribution is 2.02. The number of hydrogen-bond donors (Lipinski definition) is 3. The van der Waals surface area contributed by atoms with Gasteiger partial charge in [0.15, 0.2) is 0 Å². The third-order valence-electron chi connectivity index (χ3n) is 1.89. The van der Waals surface area contributed by atoms with Crippen molar-refractivity contribution in [1.82, 2.24) is 15.3 Å². The number of amides is 1. The second-order valence-corrected chi connectivity index (χ2v) is 4.34. The molecule has 0 radical (unpaired) electrons. The summed E-state index contributed by atoms with van der Waals surface area (Å²) < 4.78 is 0. The van der Waals surface area contributed by atoms with E-state index in [1.165, 1.54) is 0 Å². The minimum Gasteiger partial charge on any atom is -0.356 e. The molecule has 5 heteroatoms. The summed E-state index contributed by atoms with van der Waals surface area (Å²) in [5.74, 6) is -0.0120. The predicted molar refractivity (Wildman–Crippen MR) is 58.2 cm³/mol. The molecule has 0 aliphatic rings. The first-order valence-corrected chi connectivity index (χ1v) is 5.00. The standard InChI is InChI=1S/C10H18N4O/c1-10(2,11)5-9(15)13-4-3-8-6-12-7-14-8/h6-7H,3-5,11H2,1-2H3,(H,12,14)(H,13,15). The molecule has 1 heterocycles. The Hall–Kier alpha value is -1.36. The molecule has 0 spiro atoms. The van der Waals surface area contributed by atoms with Crippen LogP contribution in [0.4, 0.5) is 0 Å². The third kappa shape index (κ3) is 5.17. The minimum atomic E-state index is -0.446. The quantitative estimate of drug-likeness (QED) is 0.649. The molecule has 1 aromatic heterocycles. The van der Waals surface area contributed by atoms with Crippen molar-refractivity contribution < 1.29 is 4.79 Å². The van der Waals surface area contributed by atoms with Crippen molar-refractivity contribution in [3.63, 3.8) is 0 Å². The second kappa shape index (κ2) is 4.93. The molecule has 1 amide bonds. The Morgan fingerprint density at radius 3 is 2.93 bits per heavy atom. The molecule has 0 fully saturated rings. The van der Waals surface area contributed by atoms with Crippen molar-refractivity contribution >= 4 is 5.91 Å². The zero-order chi connectivity index (χ0) is 11.3. The lowest BCUT2D eigenvalue weighted by atomic mass is 10.0. The Kier molecular flexibility index (Phi) is 3.85. The number of carbonyl (C=O) groups is 1. The molecule has 0 bridgehead atoms. The van der Waals surface area contributed by atoms with E-state index in [-0.39, 0.29) is 5.91 Å². The maximum atomic E-state index is 11.4. The van der Waals surface area contributed by atoms with Crippen molar-refractivity contribution in [3.05, 3.63) is 18.2 Å². The normalized spacial score (nSPS) is 11.4. The molecule has 1 rings (SSSR count). The first-order valence-electron chi connectivity index (χ1n) is 5.00. The minimum absolute atomic E-state index is 0.0120. The van der Waals surface area contributed by atoms with E-state index in [4.69, 9.17) is 5.73 Å². The molecule has 5 nitrogen and oxygen atoms in total. The van der Waals surface area contributed by atoms with Crippen LogP contribution in [0, 0.1) is 0 Å². The van der Waals surface area contributed by atoms with Crippen LogP contribution in [-0.2, 0) is 11.2 Å². The van der Waals surface area contributed by atoms with E-state index in [0.717, 1.165) is 12.1 Å². The van der Waals surface area contributed by atoms with Gasteiger partial charge in [-0.25, -0.2) is 4.98 Å². The summed E-state index contributed by atoms with van der Waals surface area (Å²) >= 11 is 0. The lowest BCUT2D eigenvalue weighted by Crippen LogP contribution is -2.39. The number of hydrogen-bond acceptors (Lipinski definition) is 3. The summed E-state index contributed by atoms with van der Waals surface area (Å²) in [5.41, 5.74) is 6.30. The van der Waals surface area contributed by atoms with Gasteiger partial charge in [0.1, 0.15) is 0 Å². The van der Waals surface area contributed by atoms with Crippen LogP contribution in [0.5, 0.6) is 0 Å². The molecule has 0 saturated carbocycles. The van der Waals surface area contributed by atoms with E-state index in [2.05, 4.69) is 15.3 Å². The molecule has 0 saturated heterocycles. The van der Waals surface area contributed by atoms with E-state index < -0.39 is 5.54 Å². The van der Waals surface area contributed by atoms with Crippen molar-refractivity contribution in [2.45, 2.75) is 32.2 Å². The van der Waals surface area contributed by atoms with Gasteiger partial charge in [-0.1, -0.05) is 0 Å². The van der Waals surface area contributed by atoms with Crippen molar-refractivity contribution in [1.29, 1.82) is 0 Å². The third-order valence-corrected chi connectivity index (χ3v) is 1.89. The summed E-state index contributed by atoms with van der Waals surface area (Å²) in [6, 6.07) is 0. The van der Waals surface area contributed by atoms with Crippen LogP contribution in [0.1, 0.15) is 26.0 Å². The Balaban J connectivity index is 2.18. The van der Waals surface area contributed by atoms with Crippen LogP contribution in [-0.4, -0.2) is 28.0 Å². The zero-order valence-corrected chi connectivity index (χ0v) is 9.21. The largest absolute Gasteiger partial charge is 0.356 e. The summed E-state index contributed by atoms with van der Waals surface area (Å²) in [7, 11) is 0. The molecule has 84 valence electrons. The number of nitrogens with two attached hydrogens (primary N) is 1. The fourth-order valence-electron chi connectivity index (χ4n) is 1.23. The highest BCUT2D eigenvalue weighted by Gasteiger charge is 2.15. The molecule has 0 aliphatic heterocycles. The average Bonchev–Trinajstić information content (AvgIpc) is 2.53. The Bertz CT molecular complexity index is 300. The maximum Gasteiger partial charge on any atom is 0.221 e. The van der Waals surface area contributed by atoms with Gasteiger partial charge < -0.3 is 16.0 Å². The molecule has 0 unspecified atom stereocenters. The summed E-state index contributed by atoms with van der Waals surface area (Å²) in [4.78, 5) is 18.2. The second-order valence-electron chi connectivity index (χ2n) is 4.34. The fraction of sp³-hybridized carbons (Fsp3) is 0.600. The van der Waals surface area contributed by atoms with Crippen LogP contribution in [0.25, 0.3) is 0 Å². The number of aromatic nitrogens is 2. The number of H-pyrrole nitrogens is 1. The number of carbonyl (C=O) groups excluding carboxylic acids is 1. The van der Waals surface area contributed by atoms with Gasteiger partial charge in [0.25, 0.3) is 0 Å². The highest BCUT2D eigenvalue weighted by atomic mass is 16.1. The van der Waals surface area contributed by atoms with Gasteiger partial charge in [-0.2, -0.15) is 0 Å². The summed E-state index contributed by atoms with van der Waals surface area (Å²) in [6.07, 6.45) is 4.48. The molecule has 0 aliphatic carbocycles. The first-order chi connectivity index (χ1) is 6.97. The molecular weight excluding hydrogens is 192 g/mol. The van der Waals surface area contributed by atoms with Crippen molar-refractivity contribution in [2.75, 3.05) is 6.54 Å². The molecular formula is C10H18N4O. The van der Waals surface area contributed by atoms with E-state index in [9.17, 15) is 4.79 Å². The number of rotatable bonds is 5. The zero-order valence-electron chi connectivity index (χ0n) is 9.21. The van der Waals surface area contributed by atoms with Gasteiger partial charge in [-0.15, -0.1) is 0 Å². The van der Waals surface area contributed by atoms with E-state index >= 15 is 0 Å². The monoisotopic (exact) mass is 210 g/mol. The molecule has 0 atom stereocenters. The van der Waals surface area contributed by atoms with Gasteiger partial charge in [-0.3, -0.25) is 4.79 Å². The van der Waals surface area contributed by atoms with Crippen LogP contribution in [0.15, 0.2) is 12.5 Å². The number of nitrogens with zero attached hydrogens (tertiary/aromatic N) is 1. The summed E-state index contributed by atoms with van der Waals surface area (Å²) in [5, 5.41) is 2.81. The molecule has 15 heavy (non-hydrogen) atoms. The lowest BCUT2D eigenvalue weighted by Gasteiger charge is -2.17. The number of aromatic amines is 1. The number of imidazole rings is 1. The Morgan fingerprint density at radius 2 is 2.40 bits per heavy atom. The Morgan fingerprint density at radius 1 is 1.67 bits per heavy atom. The van der Waals surface area contributed by atoms with Crippen LogP contribution in [0.2, 0.25) is 0 Å². The number of nitrogens with one attached hydrogen (secondary N) is 2. The van der Waals surface area contributed by atoms with Gasteiger partial charge in [0.05, 0.1) is 6.33 Å². The van der Waals surface area contributed by atoms with Gasteiger partial charge in [-0.05, 0) is 13.8 Å². The van der Waals surface area contributed by atoms with Crippen LogP contribution in [0.3, 0.4) is 0 Å². The Labute approximate surface area is 89.5 Å². The maximum absolute atomic E-state index is 11.4. The van der Waals surface area contributed by atoms with Gasteiger partial charge in [0, 0.05) is 36.8 Å². The lowest BCUT2D eigenvalue weighted by molar-refractivity contribution is -0.121. The fourth-order valence-corrected chi connectivity index (χ4v) is 1.23. The topological polar surface area (TPSA) is 83.8 Å². The van der Waals surface area contributed by atoms with Crippen LogP contribution < -0.4 is 11.1 Å². The first kappa shape index (κ1) is 11.7. The van der Waals surface area contributed by atoms with E-state index in [1.54, 1.807) is 12.5 Å². The van der Waals surface area contributed by atoms with Crippen molar-refractivity contribution in [3.8, 4) is 0 Å². The van der Waals surface area contributed by atoms with Gasteiger partial charge in [0.2, 0.25) is 5.91 Å².